The molecule has 0 saturated carbocycles. The predicted octanol–water partition coefficient (Wildman–Crippen LogP) is 4.63. The third kappa shape index (κ3) is 5.09. The normalized spacial score (nSPS) is 11.0. The highest BCUT2D eigenvalue weighted by molar-refractivity contribution is 9.10. The molecule has 2 N–H and O–H groups in total. The molecule has 9 nitrogen and oxygen atoms in total. The van der Waals surface area contributed by atoms with Crippen molar-refractivity contribution in [2.45, 2.75) is 13.8 Å². The molecule has 4 rings (SSSR count). The summed E-state index contributed by atoms with van der Waals surface area (Å²) in [6.07, 6.45) is 1.64. The molecule has 2 aromatic carbocycles. The molecule has 0 aliphatic carbocycles. The molecule has 0 spiro atoms. The van der Waals surface area contributed by atoms with Crippen molar-refractivity contribution in [2.75, 3.05) is 17.9 Å². The number of nitrogens with one attached hydrogen (secondary N) is 2. The van der Waals surface area contributed by atoms with E-state index in [1.165, 1.54) is 0 Å². The van der Waals surface area contributed by atoms with Crippen LogP contribution in [0.2, 0.25) is 0 Å². The van der Waals surface area contributed by atoms with Gasteiger partial charge in [-0.1, -0.05) is 34.1 Å². The Hall–Kier alpha value is -3.79. The number of ether oxygens (including phenoxy) is 1. The first-order chi connectivity index (χ1) is 15.5. The zero-order chi connectivity index (χ0) is 22.5. The summed E-state index contributed by atoms with van der Waals surface area (Å²) >= 11 is 3.46. The average Bonchev–Trinajstić information content (AvgIpc) is 3.12. The highest BCUT2D eigenvalue weighted by Gasteiger charge is 2.12. The van der Waals surface area contributed by atoms with Crippen molar-refractivity contribution in [2.24, 2.45) is 5.10 Å². The summed E-state index contributed by atoms with van der Waals surface area (Å²) in [4.78, 5) is 13.5. The van der Waals surface area contributed by atoms with Gasteiger partial charge in [0.05, 0.1) is 19.0 Å². The van der Waals surface area contributed by atoms with Crippen LogP contribution in [-0.2, 0) is 0 Å². The van der Waals surface area contributed by atoms with Crippen molar-refractivity contribution >= 4 is 39.7 Å². The summed E-state index contributed by atoms with van der Waals surface area (Å²) in [5.41, 5.74) is 6.31. The fourth-order valence-electron chi connectivity index (χ4n) is 3.01. The summed E-state index contributed by atoms with van der Waals surface area (Å²) in [6.45, 7) is 3.86. The van der Waals surface area contributed by atoms with E-state index in [0.717, 1.165) is 27.1 Å². The van der Waals surface area contributed by atoms with Gasteiger partial charge in [-0.3, -0.25) is 0 Å². The number of rotatable bonds is 7. The van der Waals surface area contributed by atoms with Crippen LogP contribution in [-0.4, -0.2) is 38.1 Å². The van der Waals surface area contributed by atoms with Crippen LogP contribution in [0.25, 0.3) is 5.95 Å². The number of anilines is 3. The summed E-state index contributed by atoms with van der Waals surface area (Å²) in [5, 5.41) is 12.0. The highest BCUT2D eigenvalue weighted by Crippen LogP contribution is 2.21. The Morgan fingerprint density at radius 3 is 2.50 bits per heavy atom. The molecule has 0 amide bonds. The molecule has 162 valence electrons. The lowest BCUT2D eigenvalue weighted by atomic mass is 10.2. The molecule has 2 aromatic heterocycles. The number of aromatic nitrogens is 5. The Morgan fingerprint density at radius 1 is 1.00 bits per heavy atom. The van der Waals surface area contributed by atoms with Gasteiger partial charge in [0.1, 0.15) is 5.75 Å². The van der Waals surface area contributed by atoms with Crippen LogP contribution in [0.15, 0.2) is 64.2 Å². The third-order valence-corrected chi connectivity index (χ3v) is 4.91. The standard InChI is InChI=1S/C22H21BrN8O/c1-14-11-15(2)31(30-14)22-27-20(25-18-7-5-4-6-8-18)26-21(28-22)29-24-13-16-12-17(23)9-10-19(16)32-3/h4-13H,1-3H3,(H2,25,26,27,28,29)/b24-13-. The lowest BCUT2D eigenvalue weighted by Gasteiger charge is -2.09. The van der Waals surface area contributed by atoms with Crippen LogP contribution in [0, 0.1) is 13.8 Å². The summed E-state index contributed by atoms with van der Waals surface area (Å²) in [7, 11) is 1.61. The molecule has 10 heteroatoms. The van der Waals surface area contributed by atoms with Gasteiger partial charge in [-0.2, -0.15) is 25.2 Å². The maximum atomic E-state index is 5.38. The summed E-state index contributed by atoms with van der Waals surface area (Å²) in [5.74, 6) is 1.71. The van der Waals surface area contributed by atoms with E-state index in [4.69, 9.17) is 4.74 Å². The highest BCUT2D eigenvalue weighted by atomic mass is 79.9. The summed E-state index contributed by atoms with van der Waals surface area (Å²) < 4.78 is 7.96. The van der Waals surface area contributed by atoms with Crippen LogP contribution in [0.3, 0.4) is 0 Å². The molecule has 0 aliphatic rings. The van der Waals surface area contributed by atoms with Gasteiger partial charge < -0.3 is 10.1 Å². The Balaban J connectivity index is 1.66. The van der Waals surface area contributed by atoms with E-state index < -0.39 is 0 Å². The number of hydrazone groups is 1. The Kier molecular flexibility index (Phi) is 6.41. The molecular weight excluding hydrogens is 472 g/mol. The van der Waals surface area contributed by atoms with Crippen molar-refractivity contribution in [3.8, 4) is 11.7 Å². The number of para-hydroxylation sites is 1. The molecule has 0 unspecified atom stereocenters. The van der Waals surface area contributed by atoms with E-state index in [-0.39, 0.29) is 5.95 Å². The van der Waals surface area contributed by atoms with Gasteiger partial charge in [0.25, 0.3) is 5.95 Å². The van der Waals surface area contributed by atoms with Crippen molar-refractivity contribution < 1.29 is 4.74 Å². The van der Waals surface area contributed by atoms with Crippen LogP contribution < -0.4 is 15.5 Å². The van der Waals surface area contributed by atoms with Gasteiger partial charge in [0.2, 0.25) is 11.9 Å². The second kappa shape index (κ2) is 9.56. The van der Waals surface area contributed by atoms with Crippen LogP contribution in [0.5, 0.6) is 5.75 Å². The Labute approximate surface area is 193 Å². The van der Waals surface area contributed by atoms with E-state index in [1.54, 1.807) is 18.0 Å². The van der Waals surface area contributed by atoms with Crippen molar-refractivity contribution in [1.29, 1.82) is 0 Å². The molecule has 2 heterocycles. The lowest BCUT2D eigenvalue weighted by Crippen LogP contribution is -2.11. The van der Waals surface area contributed by atoms with Gasteiger partial charge in [-0.05, 0) is 50.2 Å². The number of benzene rings is 2. The second-order valence-electron chi connectivity index (χ2n) is 6.87. The topological polar surface area (TPSA) is 102 Å². The SMILES string of the molecule is COc1ccc(Br)cc1/C=N\Nc1nc(Nc2ccccc2)nc(-n2nc(C)cc2C)n1. The molecule has 0 bridgehead atoms. The number of hydrogen-bond donors (Lipinski definition) is 2. The molecule has 0 saturated heterocycles. The smallest absolute Gasteiger partial charge is 0.257 e. The van der Waals surface area contributed by atoms with E-state index in [1.807, 2.05) is 68.4 Å². The molecule has 4 aromatic rings. The van der Waals surface area contributed by atoms with Crippen molar-refractivity contribution in [3.05, 3.63) is 76.0 Å². The Bertz CT molecular complexity index is 1260. The molecule has 32 heavy (non-hydrogen) atoms. The van der Waals surface area contributed by atoms with E-state index in [9.17, 15) is 0 Å². The van der Waals surface area contributed by atoms with Gasteiger partial charge >= 0.3 is 0 Å². The van der Waals surface area contributed by atoms with Gasteiger partial charge in [0, 0.05) is 21.4 Å². The molecule has 0 aliphatic heterocycles. The number of nitrogens with zero attached hydrogens (tertiary/aromatic N) is 6. The molecule has 0 atom stereocenters. The Morgan fingerprint density at radius 2 is 1.78 bits per heavy atom. The van der Waals surface area contributed by atoms with E-state index in [2.05, 4.69) is 51.8 Å². The van der Waals surface area contributed by atoms with Gasteiger partial charge in [-0.15, -0.1) is 0 Å². The maximum absolute atomic E-state index is 5.38. The van der Waals surface area contributed by atoms with Gasteiger partial charge in [-0.25, -0.2) is 10.1 Å². The first-order valence-corrected chi connectivity index (χ1v) is 10.6. The average molecular weight is 493 g/mol. The first kappa shape index (κ1) is 21.4. The third-order valence-electron chi connectivity index (χ3n) is 4.41. The molecule has 0 radical (unpaired) electrons. The first-order valence-electron chi connectivity index (χ1n) is 9.76. The minimum absolute atomic E-state index is 0.270. The predicted molar refractivity (Wildman–Crippen MR) is 128 cm³/mol. The minimum Gasteiger partial charge on any atom is -0.496 e. The maximum Gasteiger partial charge on any atom is 0.257 e. The number of hydrogen-bond acceptors (Lipinski definition) is 8. The second-order valence-corrected chi connectivity index (χ2v) is 7.78. The van der Waals surface area contributed by atoms with Crippen molar-refractivity contribution in [3.63, 3.8) is 0 Å². The van der Waals surface area contributed by atoms with Crippen LogP contribution in [0.1, 0.15) is 17.0 Å². The monoisotopic (exact) mass is 492 g/mol. The zero-order valence-electron chi connectivity index (χ0n) is 17.7. The van der Waals surface area contributed by atoms with Crippen molar-refractivity contribution in [1.82, 2.24) is 24.7 Å². The van der Waals surface area contributed by atoms with Crippen LogP contribution in [0.4, 0.5) is 17.6 Å². The molecule has 0 fully saturated rings. The van der Waals surface area contributed by atoms with E-state index >= 15 is 0 Å². The lowest BCUT2D eigenvalue weighted by molar-refractivity contribution is 0.414. The fourth-order valence-corrected chi connectivity index (χ4v) is 3.39. The number of methoxy groups -OCH3 is 1. The number of halogens is 1. The largest absolute Gasteiger partial charge is 0.496 e. The molecular formula is C22H21BrN8O. The summed E-state index contributed by atoms with van der Waals surface area (Å²) in [6, 6.07) is 17.3. The van der Waals surface area contributed by atoms with Gasteiger partial charge in [0.15, 0.2) is 0 Å². The van der Waals surface area contributed by atoms with E-state index in [0.29, 0.717) is 17.6 Å². The number of aryl methyl sites for hydroxylation is 2. The quantitative estimate of drug-likeness (QED) is 0.286. The zero-order valence-corrected chi connectivity index (χ0v) is 19.3. The van der Waals surface area contributed by atoms with Crippen LogP contribution >= 0.6 is 15.9 Å². The minimum atomic E-state index is 0.270. The fraction of sp³-hybridized carbons (Fsp3) is 0.136.